The van der Waals surface area contributed by atoms with Crippen molar-refractivity contribution in [2.45, 2.75) is 19.5 Å². The molecule has 0 saturated carbocycles. The van der Waals surface area contributed by atoms with Gasteiger partial charge in [-0.2, -0.15) is 0 Å². The van der Waals surface area contributed by atoms with E-state index in [4.69, 9.17) is 10.5 Å². The smallest absolute Gasteiger partial charge is 0.153 e. The van der Waals surface area contributed by atoms with Crippen LogP contribution in [0, 0.1) is 0 Å². The van der Waals surface area contributed by atoms with Crippen LogP contribution in [0.15, 0.2) is 18.2 Å². The van der Waals surface area contributed by atoms with Crippen molar-refractivity contribution in [3.8, 4) is 5.75 Å². The number of hydrogen-bond donors (Lipinski definition) is 1. The largest absolute Gasteiger partial charge is 0.497 e. The first kappa shape index (κ1) is 14.1. The molecule has 1 aromatic carbocycles. The summed E-state index contributed by atoms with van der Waals surface area (Å²) in [4.78, 5) is 2.15. The number of sulfone groups is 1. The quantitative estimate of drug-likeness (QED) is 0.835. The standard InChI is InChI=1S/C13H20N2O3S/c1-10-9-19(16,17)6-5-15(10)8-11-7-12(18-2)3-4-13(11)14/h3-4,7,10H,5-6,8-9,14H2,1-2H3. The van der Waals surface area contributed by atoms with Gasteiger partial charge in [-0.15, -0.1) is 0 Å². The molecule has 5 nitrogen and oxygen atoms in total. The molecule has 1 aliphatic heterocycles. The highest BCUT2D eigenvalue weighted by Gasteiger charge is 2.28. The normalized spacial score (nSPS) is 23.2. The number of methoxy groups -OCH3 is 1. The number of ether oxygens (including phenoxy) is 1. The zero-order chi connectivity index (χ0) is 14.0. The number of hydrogen-bond acceptors (Lipinski definition) is 5. The molecule has 1 aliphatic rings. The minimum Gasteiger partial charge on any atom is -0.497 e. The summed E-state index contributed by atoms with van der Waals surface area (Å²) in [7, 11) is -1.26. The van der Waals surface area contributed by atoms with Crippen LogP contribution < -0.4 is 10.5 Å². The van der Waals surface area contributed by atoms with Crippen molar-refractivity contribution in [3.05, 3.63) is 23.8 Å². The van der Waals surface area contributed by atoms with Crippen molar-refractivity contribution in [1.82, 2.24) is 4.90 Å². The summed E-state index contributed by atoms with van der Waals surface area (Å²) in [5.74, 6) is 1.21. The van der Waals surface area contributed by atoms with E-state index in [1.54, 1.807) is 7.11 Å². The minimum atomic E-state index is -2.88. The molecule has 1 fully saturated rings. The molecule has 0 bridgehead atoms. The van der Waals surface area contributed by atoms with Gasteiger partial charge in [-0.25, -0.2) is 8.42 Å². The van der Waals surface area contributed by atoms with Gasteiger partial charge in [0.1, 0.15) is 5.75 Å². The minimum absolute atomic E-state index is 0.0179. The molecule has 0 aromatic heterocycles. The first-order valence-corrected chi connectivity index (χ1v) is 8.10. The van der Waals surface area contributed by atoms with Crippen LogP contribution in [0.2, 0.25) is 0 Å². The lowest BCUT2D eigenvalue weighted by molar-refractivity contribution is 0.218. The fourth-order valence-electron chi connectivity index (χ4n) is 2.33. The highest BCUT2D eigenvalue weighted by Crippen LogP contribution is 2.23. The number of rotatable bonds is 3. The summed E-state index contributed by atoms with van der Waals surface area (Å²) in [5.41, 5.74) is 7.65. The van der Waals surface area contributed by atoms with Crippen LogP contribution in [-0.4, -0.2) is 44.5 Å². The van der Waals surface area contributed by atoms with E-state index in [0.717, 1.165) is 11.3 Å². The van der Waals surface area contributed by atoms with Gasteiger partial charge < -0.3 is 10.5 Å². The Hall–Kier alpha value is -1.27. The molecule has 0 spiro atoms. The molecule has 1 atom stereocenters. The highest BCUT2D eigenvalue weighted by molar-refractivity contribution is 7.91. The van der Waals surface area contributed by atoms with Gasteiger partial charge in [0.15, 0.2) is 9.84 Å². The molecule has 6 heteroatoms. The number of benzene rings is 1. The van der Waals surface area contributed by atoms with Gasteiger partial charge in [0, 0.05) is 24.8 Å². The predicted octanol–water partition coefficient (Wildman–Crippen LogP) is 0.896. The molecule has 0 aliphatic carbocycles. The van der Waals surface area contributed by atoms with Gasteiger partial charge in [-0.1, -0.05) is 0 Å². The summed E-state index contributed by atoms with van der Waals surface area (Å²) in [5, 5.41) is 0. The maximum absolute atomic E-state index is 11.6. The maximum atomic E-state index is 11.6. The Morgan fingerprint density at radius 1 is 1.47 bits per heavy atom. The van der Waals surface area contributed by atoms with Crippen LogP contribution in [0.25, 0.3) is 0 Å². The van der Waals surface area contributed by atoms with Crippen molar-refractivity contribution in [1.29, 1.82) is 0 Å². The molecule has 1 heterocycles. The number of nitrogens with zero attached hydrogens (tertiary/aromatic N) is 1. The van der Waals surface area contributed by atoms with E-state index >= 15 is 0 Å². The summed E-state index contributed by atoms with van der Waals surface area (Å²) in [6.45, 7) is 3.15. The average molecular weight is 284 g/mol. The molecule has 106 valence electrons. The van der Waals surface area contributed by atoms with Crippen LogP contribution in [0.3, 0.4) is 0 Å². The van der Waals surface area contributed by atoms with E-state index in [2.05, 4.69) is 4.90 Å². The molecular weight excluding hydrogens is 264 g/mol. The second-order valence-electron chi connectivity index (χ2n) is 5.00. The highest BCUT2D eigenvalue weighted by atomic mass is 32.2. The van der Waals surface area contributed by atoms with Gasteiger partial charge in [-0.3, -0.25) is 4.90 Å². The zero-order valence-electron chi connectivity index (χ0n) is 11.3. The maximum Gasteiger partial charge on any atom is 0.153 e. The number of nitrogens with two attached hydrogens (primary N) is 1. The van der Waals surface area contributed by atoms with Crippen LogP contribution in [0.1, 0.15) is 12.5 Å². The van der Waals surface area contributed by atoms with Gasteiger partial charge >= 0.3 is 0 Å². The third kappa shape index (κ3) is 3.39. The number of anilines is 1. The molecule has 1 aromatic rings. The fraction of sp³-hybridized carbons (Fsp3) is 0.538. The van der Waals surface area contributed by atoms with Gasteiger partial charge in [0.05, 0.1) is 18.6 Å². The summed E-state index contributed by atoms with van der Waals surface area (Å²) in [6, 6.07) is 5.57. The van der Waals surface area contributed by atoms with Gasteiger partial charge in [-0.05, 0) is 30.7 Å². The summed E-state index contributed by atoms with van der Waals surface area (Å²) < 4.78 is 28.3. The first-order valence-electron chi connectivity index (χ1n) is 6.28. The van der Waals surface area contributed by atoms with Crippen LogP contribution in [0.4, 0.5) is 5.69 Å². The monoisotopic (exact) mass is 284 g/mol. The van der Waals surface area contributed by atoms with Gasteiger partial charge in [0.2, 0.25) is 0 Å². The van der Waals surface area contributed by atoms with E-state index < -0.39 is 9.84 Å². The van der Waals surface area contributed by atoms with E-state index in [-0.39, 0.29) is 17.5 Å². The topological polar surface area (TPSA) is 72.6 Å². The Bertz CT molecular complexity index is 557. The SMILES string of the molecule is COc1ccc(N)c(CN2CCS(=O)(=O)CC2C)c1. The van der Waals surface area contributed by atoms with Crippen LogP contribution in [0.5, 0.6) is 5.75 Å². The second-order valence-corrected chi connectivity index (χ2v) is 7.23. The van der Waals surface area contributed by atoms with Gasteiger partial charge in [0.25, 0.3) is 0 Å². The van der Waals surface area contributed by atoms with Crippen molar-refractivity contribution >= 4 is 15.5 Å². The Morgan fingerprint density at radius 3 is 2.84 bits per heavy atom. The van der Waals surface area contributed by atoms with Crippen molar-refractivity contribution in [2.24, 2.45) is 0 Å². The molecule has 1 unspecified atom stereocenters. The Balaban J connectivity index is 2.13. The predicted molar refractivity (Wildman–Crippen MR) is 75.9 cm³/mol. The lowest BCUT2D eigenvalue weighted by Gasteiger charge is -2.33. The van der Waals surface area contributed by atoms with Crippen LogP contribution in [-0.2, 0) is 16.4 Å². The van der Waals surface area contributed by atoms with E-state index in [0.29, 0.717) is 18.8 Å². The van der Waals surface area contributed by atoms with E-state index in [1.807, 2.05) is 25.1 Å². The zero-order valence-corrected chi connectivity index (χ0v) is 12.1. The molecule has 1 saturated heterocycles. The van der Waals surface area contributed by atoms with Crippen molar-refractivity contribution in [2.75, 3.05) is 30.9 Å². The summed E-state index contributed by atoms with van der Waals surface area (Å²) >= 11 is 0. The Labute approximate surface area is 114 Å². The van der Waals surface area contributed by atoms with E-state index in [9.17, 15) is 8.42 Å². The lowest BCUT2D eigenvalue weighted by atomic mass is 10.1. The first-order chi connectivity index (χ1) is 8.91. The third-order valence-electron chi connectivity index (χ3n) is 3.53. The molecule has 0 amide bonds. The van der Waals surface area contributed by atoms with Crippen molar-refractivity contribution < 1.29 is 13.2 Å². The molecule has 0 radical (unpaired) electrons. The fourth-order valence-corrected chi connectivity index (χ4v) is 3.96. The number of nitrogen functional groups attached to an aromatic ring is 1. The Kier molecular flexibility index (Phi) is 4.01. The second kappa shape index (κ2) is 5.38. The summed E-state index contributed by atoms with van der Waals surface area (Å²) in [6.07, 6.45) is 0. The Morgan fingerprint density at radius 2 is 2.21 bits per heavy atom. The molecule has 2 N–H and O–H groups in total. The van der Waals surface area contributed by atoms with Crippen LogP contribution >= 0.6 is 0 Å². The van der Waals surface area contributed by atoms with E-state index in [1.165, 1.54) is 0 Å². The molecule has 2 rings (SSSR count). The van der Waals surface area contributed by atoms with Crippen molar-refractivity contribution in [3.63, 3.8) is 0 Å². The third-order valence-corrected chi connectivity index (χ3v) is 5.33. The average Bonchev–Trinajstić information content (AvgIpc) is 2.34. The molecule has 19 heavy (non-hydrogen) atoms. The lowest BCUT2D eigenvalue weighted by Crippen LogP contribution is -2.46. The molecular formula is C13H20N2O3S.